The van der Waals surface area contributed by atoms with Crippen LogP contribution in [-0.2, 0) is 9.53 Å². The van der Waals surface area contributed by atoms with E-state index in [0.717, 1.165) is 0 Å². The molecule has 0 unspecified atom stereocenters. The van der Waals surface area contributed by atoms with Crippen molar-refractivity contribution in [2.24, 2.45) is 0 Å². The van der Waals surface area contributed by atoms with Gasteiger partial charge in [-0.05, 0) is 13.8 Å². The molecule has 0 spiro atoms. The number of rotatable bonds is 4. The molecule has 20 heavy (non-hydrogen) atoms. The van der Waals surface area contributed by atoms with E-state index >= 15 is 0 Å². The molecular weight excluding hydrogens is 262 g/mol. The van der Waals surface area contributed by atoms with Crippen LogP contribution in [0, 0.1) is 0 Å². The summed E-state index contributed by atoms with van der Waals surface area (Å²) in [5, 5.41) is 13.0. The summed E-state index contributed by atoms with van der Waals surface area (Å²) in [5.74, 6) is -1.12. The number of carbonyl (C=O) groups is 2. The summed E-state index contributed by atoms with van der Waals surface area (Å²) in [7, 11) is 0. The van der Waals surface area contributed by atoms with Crippen LogP contribution >= 0.6 is 0 Å². The maximum absolute atomic E-state index is 12.5. The topological polar surface area (TPSA) is 84.7 Å². The number of ether oxygens (including phenoxy) is 1. The van der Waals surface area contributed by atoms with E-state index in [-0.39, 0.29) is 25.0 Å². The van der Waals surface area contributed by atoms with Crippen molar-refractivity contribution in [1.82, 2.24) is 14.7 Å². The number of carbonyl (C=O) groups excluding carboxylic acids is 1. The Labute approximate surface area is 117 Å². The lowest BCUT2D eigenvalue weighted by molar-refractivity contribution is -0.139. The minimum atomic E-state index is -0.934. The Morgan fingerprint density at radius 1 is 1.55 bits per heavy atom. The van der Waals surface area contributed by atoms with E-state index < -0.39 is 12.0 Å². The number of amides is 1. The normalized spacial score (nSPS) is 19.4. The first-order valence-corrected chi connectivity index (χ1v) is 6.63. The second-order valence-electron chi connectivity index (χ2n) is 5.13. The van der Waals surface area contributed by atoms with Gasteiger partial charge in [-0.3, -0.25) is 14.3 Å². The van der Waals surface area contributed by atoms with Crippen molar-refractivity contribution < 1.29 is 19.4 Å². The van der Waals surface area contributed by atoms with Crippen LogP contribution in [0.1, 0.15) is 36.7 Å². The Hall–Kier alpha value is -1.89. The fourth-order valence-corrected chi connectivity index (χ4v) is 2.19. The number of morpholine rings is 1. The Morgan fingerprint density at radius 2 is 2.30 bits per heavy atom. The van der Waals surface area contributed by atoms with E-state index in [0.29, 0.717) is 18.7 Å². The van der Waals surface area contributed by atoms with E-state index in [9.17, 15) is 9.59 Å². The third kappa shape index (κ3) is 3.16. The van der Waals surface area contributed by atoms with Crippen LogP contribution < -0.4 is 0 Å². The number of hydrogen-bond donors (Lipinski definition) is 1. The summed E-state index contributed by atoms with van der Waals surface area (Å²) < 4.78 is 6.97. The molecule has 1 atom stereocenters. The average molecular weight is 281 g/mol. The largest absolute Gasteiger partial charge is 0.481 e. The lowest BCUT2D eigenvalue weighted by Crippen LogP contribution is -2.49. The number of carboxylic acid groups (broad SMARTS) is 1. The van der Waals surface area contributed by atoms with Crippen molar-refractivity contribution >= 4 is 11.9 Å². The van der Waals surface area contributed by atoms with E-state index in [2.05, 4.69) is 5.10 Å². The van der Waals surface area contributed by atoms with Gasteiger partial charge < -0.3 is 14.7 Å². The molecule has 7 nitrogen and oxygen atoms in total. The highest BCUT2D eigenvalue weighted by Crippen LogP contribution is 2.16. The van der Waals surface area contributed by atoms with Gasteiger partial charge in [0.1, 0.15) is 0 Å². The highest BCUT2D eigenvalue weighted by molar-refractivity contribution is 5.94. The molecule has 7 heteroatoms. The summed E-state index contributed by atoms with van der Waals surface area (Å²) in [4.78, 5) is 24.9. The van der Waals surface area contributed by atoms with Gasteiger partial charge in [0.2, 0.25) is 0 Å². The first kappa shape index (κ1) is 14.5. The molecule has 0 bridgehead atoms. The molecule has 1 N–H and O–H groups in total. The molecule has 110 valence electrons. The van der Waals surface area contributed by atoms with Gasteiger partial charge in [-0.25, -0.2) is 0 Å². The van der Waals surface area contributed by atoms with Gasteiger partial charge in [0.05, 0.1) is 37.4 Å². The van der Waals surface area contributed by atoms with Gasteiger partial charge in [-0.1, -0.05) is 0 Å². The molecule has 0 saturated carbocycles. The minimum absolute atomic E-state index is 0.107. The SMILES string of the molecule is CC(C)n1cc(C(=O)N2CCOC[C@@H]2CC(=O)O)cn1. The zero-order valence-electron chi connectivity index (χ0n) is 11.7. The second kappa shape index (κ2) is 6.04. The van der Waals surface area contributed by atoms with Crippen molar-refractivity contribution in [2.45, 2.75) is 32.4 Å². The van der Waals surface area contributed by atoms with Crippen molar-refractivity contribution in [1.29, 1.82) is 0 Å². The molecular formula is C13H19N3O4. The summed E-state index contributed by atoms with van der Waals surface area (Å²) in [6.07, 6.45) is 3.11. The lowest BCUT2D eigenvalue weighted by Gasteiger charge is -2.34. The van der Waals surface area contributed by atoms with Crippen LogP contribution in [0.4, 0.5) is 0 Å². The van der Waals surface area contributed by atoms with Crippen molar-refractivity contribution in [3.05, 3.63) is 18.0 Å². The van der Waals surface area contributed by atoms with Gasteiger partial charge in [0, 0.05) is 18.8 Å². The molecule has 1 aromatic rings. The molecule has 0 aliphatic carbocycles. The van der Waals surface area contributed by atoms with Crippen LogP contribution in [0.2, 0.25) is 0 Å². The van der Waals surface area contributed by atoms with Crippen molar-refractivity contribution in [3.63, 3.8) is 0 Å². The predicted octanol–water partition coefficient (Wildman–Crippen LogP) is 0.780. The molecule has 1 saturated heterocycles. The summed E-state index contributed by atoms with van der Waals surface area (Å²) >= 11 is 0. The Bertz CT molecular complexity index is 498. The number of aliphatic carboxylic acids is 1. The molecule has 1 fully saturated rings. The Balaban J connectivity index is 2.13. The van der Waals surface area contributed by atoms with Crippen LogP contribution in [0.5, 0.6) is 0 Å². The van der Waals surface area contributed by atoms with Crippen LogP contribution in [-0.4, -0.2) is 57.5 Å². The minimum Gasteiger partial charge on any atom is -0.481 e. The highest BCUT2D eigenvalue weighted by atomic mass is 16.5. The van der Waals surface area contributed by atoms with E-state index in [1.807, 2.05) is 13.8 Å². The maximum Gasteiger partial charge on any atom is 0.305 e. The number of aromatic nitrogens is 2. The quantitative estimate of drug-likeness (QED) is 0.881. The molecule has 0 radical (unpaired) electrons. The Kier molecular flexibility index (Phi) is 4.39. The number of hydrogen-bond acceptors (Lipinski definition) is 4. The van der Waals surface area contributed by atoms with Crippen LogP contribution in [0.25, 0.3) is 0 Å². The summed E-state index contributed by atoms with van der Waals surface area (Å²) in [5.41, 5.74) is 0.482. The van der Waals surface area contributed by atoms with Crippen molar-refractivity contribution in [3.8, 4) is 0 Å². The van der Waals surface area contributed by atoms with Gasteiger partial charge in [-0.15, -0.1) is 0 Å². The highest BCUT2D eigenvalue weighted by Gasteiger charge is 2.30. The number of nitrogens with zero attached hydrogens (tertiary/aromatic N) is 3. The molecule has 1 aliphatic heterocycles. The molecule has 2 rings (SSSR count). The van der Waals surface area contributed by atoms with Crippen LogP contribution in [0.15, 0.2) is 12.4 Å². The first-order chi connectivity index (χ1) is 9.49. The first-order valence-electron chi connectivity index (χ1n) is 6.63. The van der Waals surface area contributed by atoms with Gasteiger partial charge in [0.15, 0.2) is 0 Å². The molecule has 1 aliphatic rings. The number of carboxylic acids is 1. The van der Waals surface area contributed by atoms with Gasteiger partial charge in [-0.2, -0.15) is 5.10 Å². The molecule has 2 heterocycles. The second-order valence-corrected chi connectivity index (χ2v) is 5.13. The molecule has 1 amide bonds. The third-order valence-corrected chi connectivity index (χ3v) is 3.28. The summed E-state index contributed by atoms with van der Waals surface area (Å²) in [6, 6.07) is -0.243. The molecule has 0 aromatic carbocycles. The predicted molar refractivity (Wildman–Crippen MR) is 70.5 cm³/mol. The zero-order chi connectivity index (χ0) is 14.7. The Morgan fingerprint density at radius 3 is 2.90 bits per heavy atom. The fourth-order valence-electron chi connectivity index (χ4n) is 2.19. The van der Waals surface area contributed by atoms with E-state index in [1.54, 1.807) is 15.8 Å². The third-order valence-electron chi connectivity index (χ3n) is 3.28. The maximum atomic E-state index is 12.5. The van der Waals surface area contributed by atoms with Gasteiger partial charge in [0.25, 0.3) is 5.91 Å². The monoisotopic (exact) mass is 281 g/mol. The van der Waals surface area contributed by atoms with Crippen LogP contribution in [0.3, 0.4) is 0 Å². The molecule has 1 aromatic heterocycles. The van der Waals surface area contributed by atoms with E-state index in [1.165, 1.54) is 6.20 Å². The standard InChI is InChI=1S/C13H19N3O4/c1-9(2)16-7-10(6-14-16)13(19)15-3-4-20-8-11(15)5-12(17)18/h6-7,9,11H,3-5,8H2,1-2H3,(H,17,18)/t11-/m0/s1. The van der Waals surface area contributed by atoms with Gasteiger partial charge >= 0.3 is 5.97 Å². The fraction of sp³-hybridized carbons (Fsp3) is 0.615. The smallest absolute Gasteiger partial charge is 0.305 e. The lowest BCUT2D eigenvalue weighted by atomic mass is 10.1. The zero-order valence-corrected chi connectivity index (χ0v) is 11.7. The average Bonchev–Trinajstić information content (AvgIpc) is 2.87. The summed E-state index contributed by atoms with van der Waals surface area (Å²) in [6.45, 7) is 5.05. The van der Waals surface area contributed by atoms with Crippen molar-refractivity contribution in [2.75, 3.05) is 19.8 Å². The van der Waals surface area contributed by atoms with E-state index in [4.69, 9.17) is 9.84 Å².